The van der Waals surface area contributed by atoms with Crippen LogP contribution in [0.25, 0.3) is 0 Å². The van der Waals surface area contributed by atoms with Gasteiger partial charge in [0.1, 0.15) is 12.1 Å². The molecule has 188 valence electrons. The van der Waals surface area contributed by atoms with Gasteiger partial charge in [0, 0.05) is 24.5 Å². The van der Waals surface area contributed by atoms with Gasteiger partial charge in [-0.05, 0) is 42.7 Å². The molecular weight excluding hydrogens is 464 g/mol. The lowest BCUT2D eigenvalue weighted by Gasteiger charge is -2.28. The van der Waals surface area contributed by atoms with Crippen LogP contribution in [0, 0.1) is 0 Å². The highest BCUT2D eigenvalue weighted by Gasteiger charge is 2.52. The molecule has 10 nitrogen and oxygen atoms in total. The maximum Gasteiger partial charge on any atom is 0.252 e. The molecule has 3 aliphatic heterocycles. The van der Waals surface area contributed by atoms with Crippen LogP contribution in [0.5, 0.6) is 11.5 Å². The molecule has 0 spiro atoms. The summed E-state index contributed by atoms with van der Waals surface area (Å²) in [6.07, 6.45) is 5.06. The Morgan fingerprint density at radius 3 is 2.78 bits per heavy atom. The van der Waals surface area contributed by atoms with Crippen molar-refractivity contribution >= 4 is 23.5 Å². The Morgan fingerprint density at radius 2 is 2.00 bits per heavy atom. The molecule has 0 bridgehead atoms. The summed E-state index contributed by atoms with van der Waals surface area (Å²) in [6.45, 7) is 2.38. The Kier molecular flexibility index (Phi) is 6.58. The third kappa shape index (κ3) is 4.50. The van der Waals surface area contributed by atoms with Gasteiger partial charge in [0.2, 0.25) is 18.6 Å². The number of aromatic nitrogens is 1. The Bertz CT molecular complexity index is 1190. The maximum atomic E-state index is 13.5. The van der Waals surface area contributed by atoms with Crippen LogP contribution in [0.2, 0.25) is 0 Å². The number of hydrogen-bond acceptors (Lipinski definition) is 7. The van der Waals surface area contributed by atoms with Crippen molar-refractivity contribution in [3.05, 3.63) is 53.9 Å². The van der Waals surface area contributed by atoms with Crippen LogP contribution in [0.3, 0.4) is 0 Å². The lowest BCUT2D eigenvalue weighted by molar-refractivity contribution is -0.138. The van der Waals surface area contributed by atoms with Crippen molar-refractivity contribution in [2.75, 3.05) is 19.9 Å². The minimum absolute atomic E-state index is 0.0137. The van der Waals surface area contributed by atoms with E-state index in [9.17, 15) is 19.2 Å². The lowest BCUT2D eigenvalue weighted by atomic mass is 10.1. The van der Waals surface area contributed by atoms with Crippen LogP contribution in [-0.4, -0.2) is 76.3 Å². The second-order valence-corrected chi connectivity index (χ2v) is 9.24. The van der Waals surface area contributed by atoms with Crippen LogP contribution in [0.1, 0.15) is 42.1 Å². The molecule has 0 radical (unpaired) electrons. The molecule has 1 N–H and O–H groups in total. The summed E-state index contributed by atoms with van der Waals surface area (Å²) < 4.78 is 10.6. The van der Waals surface area contributed by atoms with Crippen LogP contribution in [0.4, 0.5) is 0 Å². The molecule has 0 aliphatic carbocycles. The zero-order chi connectivity index (χ0) is 25.2. The molecule has 3 aliphatic rings. The van der Waals surface area contributed by atoms with Crippen molar-refractivity contribution in [3.63, 3.8) is 0 Å². The normalized spacial score (nSPS) is 20.9. The number of Topliss-reactive ketones (excluding diaryl/α,β-unsaturated/α-hetero) is 1. The fourth-order valence-corrected chi connectivity index (χ4v) is 5.19. The maximum absolute atomic E-state index is 13.5. The topological polar surface area (TPSA) is 118 Å². The second kappa shape index (κ2) is 9.96. The first-order valence-corrected chi connectivity index (χ1v) is 12.2. The van der Waals surface area contributed by atoms with E-state index < -0.39 is 18.0 Å². The Balaban J connectivity index is 1.27. The summed E-state index contributed by atoms with van der Waals surface area (Å²) in [4.78, 5) is 59.6. The monoisotopic (exact) mass is 492 g/mol. The van der Waals surface area contributed by atoms with Crippen LogP contribution in [-0.2, 0) is 20.8 Å². The largest absolute Gasteiger partial charge is 0.454 e. The van der Waals surface area contributed by atoms with E-state index in [1.807, 2.05) is 13.0 Å². The molecule has 3 amide bonds. The number of amides is 3. The predicted octanol–water partition coefficient (Wildman–Crippen LogP) is 1.33. The smallest absolute Gasteiger partial charge is 0.252 e. The molecule has 2 aromatic rings. The molecule has 1 aromatic carbocycles. The van der Waals surface area contributed by atoms with Gasteiger partial charge in [-0.25, -0.2) is 0 Å². The third-order valence-corrected chi connectivity index (χ3v) is 6.92. The minimum Gasteiger partial charge on any atom is -0.454 e. The summed E-state index contributed by atoms with van der Waals surface area (Å²) in [7, 11) is 0. The fraction of sp³-hybridized carbons (Fsp3) is 0.423. The highest BCUT2D eigenvalue weighted by molar-refractivity contribution is 6.01. The van der Waals surface area contributed by atoms with Crippen LogP contribution >= 0.6 is 0 Å². The number of ether oxygens (including phenoxy) is 2. The number of nitrogens with one attached hydrogen (secondary N) is 1. The van der Waals surface area contributed by atoms with E-state index in [0.717, 1.165) is 5.56 Å². The van der Waals surface area contributed by atoms with Crippen molar-refractivity contribution < 1.29 is 28.7 Å². The number of nitrogens with zero attached hydrogens (tertiary/aromatic N) is 3. The SMILES string of the molecule is CCCC(NC(=O)c1ccc2c(c1)OCO2)C(=O)N1CCC2C1C(=O)CN2C(=O)Cc1cccnc1. The van der Waals surface area contributed by atoms with E-state index in [-0.39, 0.29) is 43.4 Å². The Morgan fingerprint density at radius 1 is 1.17 bits per heavy atom. The number of carbonyl (C=O) groups is 4. The molecule has 5 rings (SSSR count). The van der Waals surface area contributed by atoms with Gasteiger partial charge in [0.25, 0.3) is 5.91 Å². The predicted molar refractivity (Wildman–Crippen MR) is 127 cm³/mol. The van der Waals surface area contributed by atoms with Gasteiger partial charge in [-0.15, -0.1) is 0 Å². The van der Waals surface area contributed by atoms with Gasteiger partial charge in [-0.3, -0.25) is 24.2 Å². The number of likely N-dealkylation sites (tertiary alicyclic amines) is 2. The van der Waals surface area contributed by atoms with Gasteiger partial charge in [-0.2, -0.15) is 0 Å². The van der Waals surface area contributed by atoms with E-state index in [1.54, 1.807) is 46.5 Å². The van der Waals surface area contributed by atoms with E-state index in [0.29, 0.717) is 42.9 Å². The molecular formula is C26H28N4O6. The van der Waals surface area contributed by atoms with E-state index >= 15 is 0 Å². The number of rotatable bonds is 7. The summed E-state index contributed by atoms with van der Waals surface area (Å²) in [5.41, 5.74) is 1.13. The molecule has 10 heteroatoms. The summed E-state index contributed by atoms with van der Waals surface area (Å²) >= 11 is 0. The first kappa shape index (κ1) is 23.8. The quantitative estimate of drug-likeness (QED) is 0.620. The number of ketones is 1. The first-order chi connectivity index (χ1) is 17.5. The summed E-state index contributed by atoms with van der Waals surface area (Å²) in [5.74, 6) is 0.0477. The first-order valence-electron chi connectivity index (χ1n) is 12.2. The third-order valence-electron chi connectivity index (χ3n) is 6.92. The molecule has 3 unspecified atom stereocenters. The van der Waals surface area contributed by atoms with Crippen molar-refractivity contribution in [1.82, 2.24) is 20.1 Å². The second-order valence-electron chi connectivity index (χ2n) is 9.24. The molecule has 0 saturated carbocycles. The highest BCUT2D eigenvalue weighted by Crippen LogP contribution is 2.33. The van der Waals surface area contributed by atoms with Crippen LogP contribution < -0.4 is 14.8 Å². The van der Waals surface area contributed by atoms with Crippen molar-refractivity contribution in [2.24, 2.45) is 0 Å². The Hall–Kier alpha value is -3.95. The number of fused-ring (bicyclic) bond motifs is 2. The summed E-state index contributed by atoms with van der Waals surface area (Å²) in [6, 6.07) is 6.64. The zero-order valence-corrected chi connectivity index (χ0v) is 20.0. The highest BCUT2D eigenvalue weighted by atomic mass is 16.7. The van der Waals surface area contributed by atoms with Crippen molar-refractivity contribution in [1.29, 1.82) is 0 Å². The molecule has 1 aromatic heterocycles. The minimum atomic E-state index is -0.778. The molecule has 36 heavy (non-hydrogen) atoms. The molecule has 4 heterocycles. The standard InChI is InChI=1S/C26H28N4O6/c1-2-4-18(28-25(33)17-6-7-21-22(12-17)36-15-35-21)26(34)29-10-8-19-24(29)20(31)14-30(19)23(32)11-16-5-3-9-27-13-16/h3,5-7,9,12-13,18-19,24H,2,4,8,10-11,14-15H2,1H3,(H,28,33). The van der Waals surface area contributed by atoms with E-state index in [1.165, 1.54) is 0 Å². The average Bonchev–Trinajstić information content (AvgIpc) is 3.60. The van der Waals surface area contributed by atoms with Gasteiger partial charge in [-0.1, -0.05) is 19.4 Å². The molecule has 3 atom stereocenters. The van der Waals surface area contributed by atoms with E-state index in [4.69, 9.17) is 9.47 Å². The lowest BCUT2D eigenvalue weighted by Crippen LogP contribution is -2.52. The number of pyridine rings is 1. The van der Waals surface area contributed by atoms with Gasteiger partial charge < -0.3 is 24.6 Å². The zero-order valence-electron chi connectivity index (χ0n) is 20.0. The van der Waals surface area contributed by atoms with Gasteiger partial charge in [0.15, 0.2) is 17.3 Å². The summed E-state index contributed by atoms with van der Waals surface area (Å²) in [5, 5.41) is 2.84. The fourth-order valence-electron chi connectivity index (χ4n) is 5.19. The van der Waals surface area contributed by atoms with Gasteiger partial charge >= 0.3 is 0 Å². The number of benzene rings is 1. The molecule has 2 saturated heterocycles. The molecule has 2 fully saturated rings. The van der Waals surface area contributed by atoms with Crippen LogP contribution in [0.15, 0.2) is 42.7 Å². The Labute approximate surface area is 208 Å². The number of carbonyl (C=O) groups excluding carboxylic acids is 4. The average molecular weight is 493 g/mol. The number of hydrogen-bond donors (Lipinski definition) is 1. The van der Waals surface area contributed by atoms with Crippen molar-refractivity contribution in [2.45, 2.75) is 50.7 Å². The van der Waals surface area contributed by atoms with Gasteiger partial charge in [0.05, 0.1) is 19.0 Å². The van der Waals surface area contributed by atoms with E-state index in [2.05, 4.69) is 10.3 Å². The van der Waals surface area contributed by atoms with Crippen molar-refractivity contribution in [3.8, 4) is 11.5 Å².